The number of aliphatic hydroxyl groups excluding tert-OH is 2. The Morgan fingerprint density at radius 2 is 1.00 bits per heavy atom. The molecule has 0 saturated heterocycles. The Labute approximate surface area is 146 Å². The monoisotopic (exact) mass is 352 g/mol. The van der Waals surface area contributed by atoms with Gasteiger partial charge >= 0.3 is 0 Å². The van der Waals surface area contributed by atoms with Gasteiger partial charge in [-0.3, -0.25) is 0 Å². The van der Waals surface area contributed by atoms with E-state index < -0.39 is 0 Å². The van der Waals surface area contributed by atoms with Gasteiger partial charge in [-0.05, 0) is 49.9 Å². The summed E-state index contributed by atoms with van der Waals surface area (Å²) < 4.78 is 0. The molecule has 0 aliphatic heterocycles. The number of halogens is 2. The lowest BCUT2D eigenvalue weighted by Crippen LogP contribution is -2.16. The number of hydrogen-bond acceptors (Lipinski definition) is 4. The van der Waals surface area contributed by atoms with Crippen molar-refractivity contribution in [3.8, 4) is 0 Å². The molecule has 1 aromatic rings. The van der Waals surface area contributed by atoms with Gasteiger partial charge in [0.15, 0.2) is 0 Å². The van der Waals surface area contributed by atoms with Crippen LogP contribution in [-0.2, 0) is 13.1 Å². The summed E-state index contributed by atoms with van der Waals surface area (Å²) >= 11 is 0. The molecule has 4 nitrogen and oxygen atoms in total. The van der Waals surface area contributed by atoms with Gasteiger partial charge in [0.1, 0.15) is 0 Å². The highest BCUT2D eigenvalue weighted by Gasteiger charge is 1.95. The summed E-state index contributed by atoms with van der Waals surface area (Å²) in [6.45, 7) is 4.23. The number of rotatable bonds is 12. The molecule has 0 fully saturated rings. The molecule has 4 N–H and O–H groups in total. The van der Waals surface area contributed by atoms with E-state index in [1.807, 2.05) is 0 Å². The van der Waals surface area contributed by atoms with E-state index >= 15 is 0 Å². The van der Waals surface area contributed by atoms with E-state index in [-0.39, 0.29) is 38.0 Å². The maximum Gasteiger partial charge on any atom is 0.0431 e. The predicted octanol–water partition coefficient (Wildman–Crippen LogP) is 2.25. The van der Waals surface area contributed by atoms with E-state index in [2.05, 4.69) is 34.9 Å². The van der Waals surface area contributed by atoms with E-state index in [4.69, 9.17) is 10.2 Å². The van der Waals surface area contributed by atoms with Crippen LogP contribution in [0.3, 0.4) is 0 Å². The molecule has 0 aromatic heterocycles. The first kappa shape index (κ1) is 23.9. The van der Waals surface area contributed by atoms with Crippen LogP contribution >= 0.6 is 24.8 Å². The fourth-order valence-electron chi connectivity index (χ4n) is 1.96. The molecule has 130 valence electrons. The molecule has 0 amide bonds. The minimum absolute atomic E-state index is 0. The van der Waals surface area contributed by atoms with Crippen LogP contribution < -0.4 is 10.6 Å². The van der Waals surface area contributed by atoms with Crippen molar-refractivity contribution in [1.82, 2.24) is 10.6 Å². The fraction of sp³-hybridized carbons (Fsp3) is 0.625. The Hall–Kier alpha value is -0.360. The molecular weight excluding hydrogens is 323 g/mol. The number of nitrogens with one attached hydrogen (secondary N) is 2. The van der Waals surface area contributed by atoms with Gasteiger partial charge in [-0.2, -0.15) is 0 Å². The summed E-state index contributed by atoms with van der Waals surface area (Å²) in [5.41, 5.74) is 2.58. The van der Waals surface area contributed by atoms with Crippen molar-refractivity contribution < 1.29 is 10.2 Å². The molecule has 0 unspecified atom stereocenters. The van der Waals surface area contributed by atoms with Gasteiger partial charge in [0.2, 0.25) is 0 Å². The van der Waals surface area contributed by atoms with Gasteiger partial charge in [0.05, 0.1) is 0 Å². The zero-order valence-electron chi connectivity index (χ0n) is 13.1. The van der Waals surface area contributed by atoms with E-state index in [0.717, 1.165) is 51.9 Å². The molecule has 1 aromatic carbocycles. The van der Waals surface area contributed by atoms with Crippen LogP contribution in [0.4, 0.5) is 0 Å². The summed E-state index contributed by atoms with van der Waals surface area (Å²) in [6.07, 6.45) is 3.78. The Bertz CT molecular complexity index is 304. The zero-order valence-corrected chi connectivity index (χ0v) is 14.7. The second-order valence-electron chi connectivity index (χ2n) is 5.03. The normalized spacial score (nSPS) is 9.91. The topological polar surface area (TPSA) is 64.5 Å². The summed E-state index contributed by atoms with van der Waals surface area (Å²) in [7, 11) is 0. The van der Waals surface area contributed by atoms with Crippen molar-refractivity contribution in [2.24, 2.45) is 0 Å². The predicted molar refractivity (Wildman–Crippen MR) is 97.0 cm³/mol. The third-order valence-electron chi connectivity index (χ3n) is 3.20. The summed E-state index contributed by atoms with van der Waals surface area (Å²) in [5, 5.41) is 24.1. The largest absolute Gasteiger partial charge is 0.396 e. The highest BCUT2D eigenvalue weighted by atomic mass is 35.5. The minimum Gasteiger partial charge on any atom is -0.396 e. The third kappa shape index (κ3) is 12.2. The first-order valence-corrected chi connectivity index (χ1v) is 7.58. The van der Waals surface area contributed by atoms with E-state index in [1.54, 1.807) is 0 Å². The van der Waals surface area contributed by atoms with Crippen molar-refractivity contribution in [2.45, 2.75) is 38.8 Å². The van der Waals surface area contributed by atoms with Gasteiger partial charge in [0, 0.05) is 26.3 Å². The Balaban J connectivity index is 0. The molecule has 6 heteroatoms. The average molecular weight is 353 g/mol. The Kier molecular flexibility index (Phi) is 18.5. The van der Waals surface area contributed by atoms with Crippen molar-refractivity contribution in [1.29, 1.82) is 0 Å². The van der Waals surface area contributed by atoms with Gasteiger partial charge < -0.3 is 20.8 Å². The van der Waals surface area contributed by atoms with Crippen LogP contribution in [0.15, 0.2) is 24.3 Å². The SMILES string of the molecule is Cl.Cl.OCCCCNCc1ccc(CNCCCCO)cc1. The second kappa shape index (κ2) is 17.0. The molecule has 0 spiro atoms. The first-order valence-electron chi connectivity index (χ1n) is 7.58. The summed E-state index contributed by atoms with van der Waals surface area (Å²) in [5.74, 6) is 0. The number of aliphatic hydroxyl groups is 2. The maximum absolute atomic E-state index is 8.69. The van der Waals surface area contributed by atoms with Crippen molar-refractivity contribution in [3.05, 3.63) is 35.4 Å². The van der Waals surface area contributed by atoms with Crippen molar-refractivity contribution in [2.75, 3.05) is 26.3 Å². The highest BCUT2D eigenvalue weighted by Crippen LogP contribution is 2.04. The molecule has 0 radical (unpaired) electrons. The van der Waals surface area contributed by atoms with E-state index in [0.29, 0.717) is 0 Å². The molecule has 1 rings (SSSR count). The van der Waals surface area contributed by atoms with Crippen LogP contribution in [-0.4, -0.2) is 36.5 Å². The Morgan fingerprint density at radius 1 is 0.636 bits per heavy atom. The van der Waals surface area contributed by atoms with Crippen molar-refractivity contribution >= 4 is 24.8 Å². The van der Waals surface area contributed by atoms with Crippen LogP contribution in [0.5, 0.6) is 0 Å². The number of hydrogen-bond donors (Lipinski definition) is 4. The molecule has 0 aliphatic rings. The van der Waals surface area contributed by atoms with Crippen LogP contribution in [0.1, 0.15) is 36.8 Å². The first-order chi connectivity index (χ1) is 9.86. The number of unbranched alkanes of at least 4 members (excludes halogenated alkanes) is 2. The van der Waals surface area contributed by atoms with Crippen molar-refractivity contribution in [3.63, 3.8) is 0 Å². The van der Waals surface area contributed by atoms with Gasteiger partial charge in [-0.25, -0.2) is 0 Å². The van der Waals surface area contributed by atoms with Crippen LogP contribution in [0, 0.1) is 0 Å². The van der Waals surface area contributed by atoms with Gasteiger partial charge in [0.25, 0.3) is 0 Å². The smallest absolute Gasteiger partial charge is 0.0431 e. The Morgan fingerprint density at radius 3 is 1.32 bits per heavy atom. The molecule has 22 heavy (non-hydrogen) atoms. The molecule has 0 bridgehead atoms. The van der Waals surface area contributed by atoms with Crippen LogP contribution in [0.25, 0.3) is 0 Å². The number of benzene rings is 1. The molecule has 0 heterocycles. The minimum atomic E-state index is 0. The third-order valence-corrected chi connectivity index (χ3v) is 3.20. The summed E-state index contributed by atoms with van der Waals surface area (Å²) in [6, 6.07) is 8.63. The van der Waals surface area contributed by atoms with E-state index in [9.17, 15) is 0 Å². The zero-order chi connectivity index (χ0) is 14.5. The molecule has 0 aliphatic carbocycles. The van der Waals surface area contributed by atoms with Gasteiger partial charge in [-0.1, -0.05) is 24.3 Å². The lowest BCUT2D eigenvalue weighted by Gasteiger charge is -2.07. The molecule has 0 atom stereocenters. The molecular formula is C16H30Cl2N2O2. The van der Waals surface area contributed by atoms with Crippen LogP contribution in [0.2, 0.25) is 0 Å². The average Bonchev–Trinajstić information content (AvgIpc) is 2.48. The second-order valence-corrected chi connectivity index (χ2v) is 5.03. The molecule has 0 saturated carbocycles. The van der Waals surface area contributed by atoms with E-state index in [1.165, 1.54) is 11.1 Å². The quantitative estimate of drug-likeness (QED) is 0.435. The standard InChI is InChI=1S/C16H28N2O2.2ClH/c19-11-3-1-9-17-13-15-5-7-16(8-6-15)14-18-10-2-4-12-20;;/h5-8,17-20H,1-4,9-14H2;2*1H. The highest BCUT2D eigenvalue weighted by molar-refractivity contribution is 5.85. The van der Waals surface area contributed by atoms with Gasteiger partial charge in [-0.15, -0.1) is 24.8 Å². The fourth-order valence-corrected chi connectivity index (χ4v) is 1.96. The summed E-state index contributed by atoms with van der Waals surface area (Å²) in [4.78, 5) is 0. The lowest BCUT2D eigenvalue weighted by molar-refractivity contribution is 0.283. The lowest BCUT2D eigenvalue weighted by atomic mass is 10.1. The maximum atomic E-state index is 8.69.